The fourth-order valence-electron chi connectivity index (χ4n) is 3.45. The molecule has 0 radical (unpaired) electrons. The molecular weight excluding hydrogens is 360 g/mol. The first-order valence-corrected chi connectivity index (χ1v) is 10.4. The van der Waals surface area contributed by atoms with Crippen molar-refractivity contribution in [3.8, 4) is 0 Å². The predicted molar refractivity (Wildman–Crippen MR) is 105 cm³/mol. The Kier molecular flexibility index (Phi) is 9.83. The molecule has 0 aliphatic heterocycles. The maximum Gasteiger partial charge on any atom is 0.306 e. The quantitative estimate of drug-likeness (QED) is 0.524. The fourth-order valence-corrected chi connectivity index (χ4v) is 3.45. The monoisotopic (exact) mass is 396 g/mol. The summed E-state index contributed by atoms with van der Waals surface area (Å²) in [4.78, 5) is 49.1. The van der Waals surface area contributed by atoms with Gasteiger partial charge in [0.1, 0.15) is 11.6 Å². The highest BCUT2D eigenvalue weighted by molar-refractivity contribution is 5.97. The molecule has 6 nitrogen and oxygen atoms in total. The van der Waals surface area contributed by atoms with E-state index < -0.39 is 11.8 Å². The first kappa shape index (κ1) is 24.3. The molecule has 0 aromatic heterocycles. The Bertz CT molecular complexity index is 515. The Labute approximate surface area is 168 Å². The summed E-state index contributed by atoms with van der Waals surface area (Å²) in [5, 5.41) is 0. The molecule has 1 saturated carbocycles. The van der Waals surface area contributed by atoms with Gasteiger partial charge in [0.05, 0.1) is 13.2 Å². The Hall–Kier alpha value is -1.72. The number of carbonyl (C=O) groups excluding carboxylic acids is 4. The molecular formula is C22H36O6. The van der Waals surface area contributed by atoms with E-state index in [0.717, 1.165) is 0 Å². The van der Waals surface area contributed by atoms with E-state index in [-0.39, 0.29) is 72.9 Å². The van der Waals surface area contributed by atoms with Crippen LogP contribution in [0.15, 0.2) is 0 Å². The normalized spacial score (nSPS) is 22.3. The summed E-state index contributed by atoms with van der Waals surface area (Å²) in [5.74, 6) is -1.52. The molecule has 1 fully saturated rings. The highest BCUT2D eigenvalue weighted by Crippen LogP contribution is 2.34. The largest absolute Gasteiger partial charge is 0.465 e. The third-order valence-electron chi connectivity index (χ3n) is 5.18. The number of ether oxygens (including phenoxy) is 2. The Morgan fingerprint density at radius 2 is 1.07 bits per heavy atom. The molecule has 6 heteroatoms. The van der Waals surface area contributed by atoms with Gasteiger partial charge in [-0.15, -0.1) is 0 Å². The van der Waals surface area contributed by atoms with E-state index in [1.807, 2.05) is 41.5 Å². The second kappa shape index (κ2) is 11.3. The predicted octanol–water partition coefficient (Wildman–Crippen LogP) is 3.60. The topological polar surface area (TPSA) is 86.7 Å². The van der Waals surface area contributed by atoms with Gasteiger partial charge in [-0.2, -0.15) is 0 Å². The average Bonchev–Trinajstić information content (AvgIpc) is 2.59. The van der Waals surface area contributed by atoms with Crippen molar-refractivity contribution < 1.29 is 28.7 Å². The summed E-state index contributed by atoms with van der Waals surface area (Å²) in [7, 11) is 0. The summed E-state index contributed by atoms with van der Waals surface area (Å²) in [5.41, 5.74) is 0. The second-order valence-electron chi connectivity index (χ2n) is 9.07. The third kappa shape index (κ3) is 8.11. The minimum atomic E-state index is -0.449. The molecule has 0 saturated heterocycles. The lowest BCUT2D eigenvalue weighted by Crippen LogP contribution is -2.39. The molecule has 1 aliphatic carbocycles. The summed E-state index contributed by atoms with van der Waals surface area (Å²) in [6.07, 6.45) is 0.539. The minimum absolute atomic E-state index is 0.00356. The van der Waals surface area contributed by atoms with Crippen LogP contribution in [-0.2, 0) is 28.7 Å². The number of hydrogen-bond donors (Lipinski definition) is 0. The van der Waals surface area contributed by atoms with Gasteiger partial charge in [0.2, 0.25) is 0 Å². The fraction of sp³-hybridized carbons (Fsp3) is 0.818. The molecule has 160 valence electrons. The number of Topliss-reactive ketones (excluding diaryl/α,β-unsaturated/α-hetero) is 2. The van der Waals surface area contributed by atoms with E-state index in [9.17, 15) is 19.2 Å². The van der Waals surface area contributed by atoms with Crippen LogP contribution >= 0.6 is 0 Å². The highest BCUT2D eigenvalue weighted by Gasteiger charge is 2.40. The van der Waals surface area contributed by atoms with Crippen LogP contribution in [0.5, 0.6) is 0 Å². The van der Waals surface area contributed by atoms with Crippen molar-refractivity contribution in [3.63, 3.8) is 0 Å². The molecule has 1 aliphatic rings. The zero-order chi connectivity index (χ0) is 21.4. The van der Waals surface area contributed by atoms with E-state index in [4.69, 9.17) is 9.47 Å². The van der Waals surface area contributed by atoms with Crippen molar-refractivity contribution in [2.24, 2.45) is 35.5 Å². The summed E-state index contributed by atoms with van der Waals surface area (Å²) in [6, 6.07) is 0. The van der Waals surface area contributed by atoms with Crippen LogP contribution in [0.25, 0.3) is 0 Å². The van der Waals surface area contributed by atoms with Crippen LogP contribution in [0.2, 0.25) is 0 Å². The Morgan fingerprint density at radius 1 is 0.750 bits per heavy atom. The first-order valence-electron chi connectivity index (χ1n) is 10.4. The SMILES string of the molecule is CC(C)COC(=O)CC(C)C1CC(=O)C(C(C)CC(=O)OCC(C)C)CC1=O. The van der Waals surface area contributed by atoms with E-state index in [1.165, 1.54) is 0 Å². The first-order chi connectivity index (χ1) is 13.0. The van der Waals surface area contributed by atoms with Crippen molar-refractivity contribution in [2.75, 3.05) is 13.2 Å². The van der Waals surface area contributed by atoms with E-state index >= 15 is 0 Å². The zero-order valence-corrected chi connectivity index (χ0v) is 18.2. The molecule has 4 atom stereocenters. The van der Waals surface area contributed by atoms with E-state index in [1.54, 1.807) is 0 Å². The Balaban J connectivity index is 2.56. The number of esters is 2. The average molecular weight is 397 g/mol. The van der Waals surface area contributed by atoms with Crippen molar-refractivity contribution in [1.29, 1.82) is 0 Å². The van der Waals surface area contributed by atoms with Gasteiger partial charge in [0.15, 0.2) is 0 Å². The van der Waals surface area contributed by atoms with Crippen molar-refractivity contribution >= 4 is 23.5 Å². The zero-order valence-electron chi connectivity index (χ0n) is 18.2. The van der Waals surface area contributed by atoms with Gasteiger partial charge in [0.25, 0.3) is 0 Å². The van der Waals surface area contributed by atoms with Crippen LogP contribution < -0.4 is 0 Å². The maximum atomic E-state index is 12.6. The van der Waals surface area contributed by atoms with Gasteiger partial charge < -0.3 is 9.47 Å². The van der Waals surface area contributed by atoms with Crippen molar-refractivity contribution in [3.05, 3.63) is 0 Å². The van der Waals surface area contributed by atoms with Gasteiger partial charge in [-0.3, -0.25) is 19.2 Å². The van der Waals surface area contributed by atoms with Crippen LogP contribution in [0.4, 0.5) is 0 Å². The van der Waals surface area contributed by atoms with Gasteiger partial charge in [0, 0.05) is 37.5 Å². The van der Waals surface area contributed by atoms with Crippen LogP contribution in [0, 0.1) is 35.5 Å². The molecule has 1 rings (SSSR count). The van der Waals surface area contributed by atoms with Gasteiger partial charge in [-0.25, -0.2) is 0 Å². The lowest BCUT2D eigenvalue weighted by Gasteiger charge is -2.32. The van der Waals surface area contributed by atoms with Gasteiger partial charge in [-0.05, 0) is 23.7 Å². The van der Waals surface area contributed by atoms with E-state index in [0.29, 0.717) is 13.2 Å². The molecule has 0 amide bonds. The Morgan fingerprint density at radius 3 is 1.36 bits per heavy atom. The smallest absolute Gasteiger partial charge is 0.306 e. The molecule has 0 spiro atoms. The number of ketones is 2. The van der Waals surface area contributed by atoms with Crippen LogP contribution in [0.3, 0.4) is 0 Å². The standard InChI is InChI=1S/C22H36O6/c1-13(2)11-27-21(25)7-15(5)17-9-20(24)18(10-19(17)23)16(6)8-22(26)28-12-14(3)4/h13-18H,7-12H2,1-6H3. The molecule has 4 unspecified atom stereocenters. The summed E-state index contributed by atoms with van der Waals surface area (Å²) in [6.45, 7) is 12.2. The lowest BCUT2D eigenvalue weighted by atomic mass is 9.70. The van der Waals surface area contributed by atoms with Crippen molar-refractivity contribution in [2.45, 2.75) is 67.2 Å². The summed E-state index contributed by atoms with van der Waals surface area (Å²) >= 11 is 0. The lowest BCUT2D eigenvalue weighted by molar-refractivity contribution is -0.150. The van der Waals surface area contributed by atoms with Gasteiger partial charge in [-0.1, -0.05) is 41.5 Å². The number of rotatable bonds is 10. The number of carbonyl (C=O) groups is 4. The van der Waals surface area contributed by atoms with Gasteiger partial charge >= 0.3 is 11.9 Å². The molecule has 0 heterocycles. The molecule has 0 aromatic carbocycles. The van der Waals surface area contributed by atoms with Crippen LogP contribution in [-0.4, -0.2) is 36.7 Å². The maximum absolute atomic E-state index is 12.6. The number of hydrogen-bond acceptors (Lipinski definition) is 6. The molecule has 0 aromatic rings. The molecule has 0 bridgehead atoms. The molecule has 28 heavy (non-hydrogen) atoms. The second-order valence-corrected chi connectivity index (χ2v) is 9.07. The summed E-state index contributed by atoms with van der Waals surface area (Å²) < 4.78 is 10.4. The van der Waals surface area contributed by atoms with E-state index in [2.05, 4.69) is 0 Å². The minimum Gasteiger partial charge on any atom is -0.465 e. The van der Waals surface area contributed by atoms with Crippen molar-refractivity contribution in [1.82, 2.24) is 0 Å². The van der Waals surface area contributed by atoms with Crippen LogP contribution in [0.1, 0.15) is 67.2 Å². The molecule has 0 N–H and O–H groups in total. The third-order valence-corrected chi connectivity index (χ3v) is 5.18. The highest BCUT2D eigenvalue weighted by atomic mass is 16.5.